The van der Waals surface area contributed by atoms with Crippen molar-refractivity contribution in [2.24, 2.45) is 0 Å². The molecule has 2 rings (SSSR count). The zero-order chi connectivity index (χ0) is 17.4. The fraction of sp³-hybridized carbons (Fsp3) is 0.368. The molecule has 2 N–H and O–H groups in total. The molecule has 0 aliphatic rings. The highest BCUT2D eigenvalue weighted by atomic mass is 35.5. The fourth-order valence-corrected chi connectivity index (χ4v) is 2.34. The summed E-state index contributed by atoms with van der Waals surface area (Å²) < 4.78 is 11.6. The molecule has 0 aliphatic carbocycles. The molecule has 2 aromatic rings. The second kappa shape index (κ2) is 9.52. The average molecular weight is 350 g/mol. The molecule has 4 nitrogen and oxygen atoms in total. The van der Waals surface area contributed by atoms with Gasteiger partial charge in [0.05, 0.1) is 12.7 Å². The maximum atomic E-state index is 9.29. The number of aliphatic hydroxyl groups is 1. The zero-order valence-corrected chi connectivity index (χ0v) is 14.8. The summed E-state index contributed by atoms with van der Waals surface area (Å²) in [6.45, 7) is 5.95. The molecule has 0 unspecified atom stereocenters. The van der Waals surface area contributed by atoms with Gasteiger partial charge in [0.15, 0.2) is 11.5 Å². The topological polar surface area (TPSA) is 50.7 Å². The van der Waals surface area contributed by atoms with E-state index >= 15 is 0 Å². The van der Waals surface area contributed by atoms with Crippen LogP contribution in [0.5, 0.6) is 11.5 Å². The molecule has 0 radical (unpaired) electrons. The largest absolute Gasteiger partial charge is 0.490 e. The van der Waals surface area contributed by atoms with Crippen LogP contribution >= 0.6 is 11.6 Å². The molecule has 0 spiro atoms. The van der Waals surface area contributed by atoms with E-state index in [0.717, 1.165) is 16.9 Å². The highest BCUT2D eigenvalue weighted by molar-refractivity contribution is 6.30. The molecule has 0 saturated carbocycles. The number of ether oxygens (including phenoxy) is 2. The lowest BCUT2D eigenvalue weighted by Crippen LogP contribution is -2.23. The number of rotatable bonds is 9. The van der Waals surface area contributed by atoms with Crippen LogP contribution in [0.4, 0.5) is 0 Å². The van der Waals surface area contributed by atoms with Crippen molar-refractivity contribution in [3.8, 4) is 11.5 Å². The summed E-state index contributed by atoms with van der Waals surface area (Å²) >= 11 is 5.89. The first-order valence-electron chi connectivity index (χ1n) is 8.10. The first kappa shape index (κ1) is 18.6. The number of aliphatic hydroxyl groups excluding tert-OH is 1. The first-order valence-corrected chi connectivity index (χ1v) is 8.48. The second-order valence-electron chi connectivity index (χ2n) is 5.61. The van der Waals surface area contributed by atoms with Crippen LogP contribution in [0.2, 0.25) is 5.02 Å². The molecule has 0 bridgehead atoms. The van der Waals surface area contributed by atoms with Crippen LogP contribution in [0.1, 0.15) is 25.0 Å². The first-order chi connectivity index (χ1) is 11.6. The Morgan fingerprint density at radius 1 is 1.04 bits per heavy atom. The summed E-state index contributed by atoms with van der Waals surface area (Å²) in [7, 11) is 0. The van der Waals surface area contributed by atoms with Crippen molar-refractivity contribution in [1.82, 2.24) is 5.32 Å². The Morgan fingerprint density at radius 2 is 1.75 bits per heavy atom. The molecule has 2 aromatic carbocycles. The normalized spacial score (nSPS) is 12.0. The number of benzene rings is 2. The van der Waals surface area contributed by atoms with E-state index in [1.165, 1.54) is 0 Å². The van der Waals surface area contributed by atoms with E-state index in [1.807, 2.05) is 49.4 Å². The van der Waals surface area contributed by atoms with Crippen molar-refractivity contribution in [3.63, 3.8) is 0 Å². The fourth-order valence-electron chi connectivity index (χ4n) is 2.22. The van der Waals surface area contributed by atoms with Gasteiger partial charge in [0.1, 0.15) is 6.61 Å². The zero-order valence-electron chi connectivity index (χ0n) is 14.1. The van der Waals surface area contributed by atoms with Gasteiger partial charge >= 0.3 is 0 Å². The van der Waals surface area contributed by atoms with Crippen molar-refractivity contribution in [2.45, 2.75) is 33.1 Å². The third kappa shape index (κ3) is 6.04. The molecule has 1 atom stereocenters. The highest BCUT2D eigenvalue weighted by Crippen LogP contribution is 2.29. The summed E-state index contributed by atoms with van der Waals surface area (Å²) in [5.74, 6) is 1.44. The highest BCUT2D eigenvalue weighted by Gasteiger charge is 2.07. The number of halogens is 1. The SMILES string of the molecule is CCOc1cc(CNC[C@@H](C)O)ccc1OCc1ccc(Cl)cc1. The molecule has 24 heavy (non-hydrogen) atoms. The Hall–Kier alpha value is -1.75. The molecule has 0 fully saturated rings. The number of hydrogen-bond donors (Lipinski definition) is 2. The monoisotopic (exact) mass is 349 g/mol. The van der Waals surface area contributed by atoms with Gasteiger partial charge in [-0.1, -0.05) is 29.8 Å². The molecular weight excluding hydrogens is 326 g/mol. The lowest BCUT2D eigenvalue weighted by atomic mass is 10.2. The predicted molar refractivity (Wildman–Crippen MR) is 96.8 cm³/mol. The van der Waals surface area contributed by atoms with Crippen molar-refractivity contribution in [3.05, 3.63) is 58.6 Å². The maximum Gasteiger partial charge on any atom is 0.161 e. The molecular formula is C19H24ClNO3. The molecule has 130 valence electrons. The number of nitrogens with one attached hydrogen (secondary N) is 1. The van der Waals surface area contributed by atoms with Crippen LogP contribution in [0.25, 0.3) is 0 Å². The smallest absolute Gasteiger partial charge is 0.161 e. The molecule has 0 heterocycles. The molecule has 0 aromatic heterocycles. The van der Waals surface area contributed by atoms with Gasteiger partial charge in [0, 0.05) is 18.1 Å². The molecule has 0 aliphatic heterocycles. The third-order valence-electron chi connectivity index (χ3n) is 3.38. The second-order valence-corrected chi connectivity index (χ2v) is 6.05. The lowest BCUT2D eigenvalue weighted by Gasteiger charge is -2.14. The van der Waals surface area contributed by atoms with E-state index in [0.29, 0.717) is 37.1 Å². The third-order valence-corrected chi connectivity index (χ3v) is 3.64. The summed E-state index contributed by atoms with van der Waals surface area (Å²) in [6, 6.07) is 13.5. The Labute approximate surface area is 148 Å². The minimum atomic E-state index is -0.363. The van der Waals surface area contributed by atoms with Crippen molar-refractivity contribution < 1.29 is 14.6 Å². The number of hydrogen-bond acceptors (Lipinski definition) is 4. The van der Waals surface area contributed by atoms with Gasteiger partial charge in [-0.3, -0.25) is 0 Å². The van der Waals surface area contributed by atoms with Crippen molar-refractivity contribution >= 4 is 11.6 Å². The van der Waals surface area contributed by atoms with E-state index in [-0.39, 0.29) is 6.10 Å². The molecule has 0 amide bonds. The van der Waals surface area contributed by atoms with Gasteiger partial charge in [-0.25, -0.2) is 0 Å². The quantitative estimate of drug-likeness (QED) is 0.723. The Morgan fingerprint density at radius 3 is 2.42 bits per heavy atom. The van der Waals surface area contributed by atoms with E-state index < -0.39 is 0 Å². The van der Waals surface area contributed by atoms with Gasteiger partial charge in [-0.05, 0) is 49.2 Å². The van der Waals surface area contributed by atoms with Crippen LogP contribution < -0.4 is 14.8 Å². The van der Waals surface area contributed by atoms with Crippen LogP contribution in [-0.2, 0) is 13.2 Å². The van der Waals surface area contributed by atoms with Gasteiger partial charge in [-0.15, -0.1) is 0 Å². The van der Waals surface area contributed by atoms with Crippen molar-refractivity contribution in [1.29, 1.82) is 0 Å². The Balaban J connectivity index is 2.01. The minimum absolute atomic E-state index is 0.363. The summed E-state index contributed by atoms with van der Waals surface area (Å²) in [4.78, 5) is 0. The van der Waals surface area contributed by atoms with Gasteiger partial charge in [0.2, 0.25) is 0 Å². The Bertz CT molecular complexity index is 629. The van der Waals surface area contributed by atoms with E-state index in [9.17, 15) is 5.11 Å². The minimum Gasteiger partial charge on any atom is -0.490 e. The molecule has 5 heteroatoms. The Kier molecular flexibility index (Phi) is 7.37. The standard InChI is InChI=1S/C19H24ClNO3/c1-3-23-19-10-16(12-21-11-14(2)22)6-9-18(19)24-13-15-4-7-17(20)8-5-15/h4-10,14,21-22H,3,11-13H2,1-2H3/t14-/m1/s1. The van der Waals surface area contributed by atoms with Gasteiger partial charge < -0.3 is 19.9 Å². The summed E-state index contributed by atoms with van der Waals surface area (Å²) in [5.41, 5.74) is 2.13. The average Bonchev–Trinajstić information content (AvgIpc) is 2.55. The van der Waals surface area contributed by atoms with E-state index in [1.54, 1.807) is 6.92 Å². The van der Waals surface area contributed by atoms with Crippen LogP contribution in [0.3, 0.4) is 0 Å². The summed E-state index contributed by atoms with van der Waals surface area (Å²) in [5, 5.41) is 13.2. The van der Waals surface area contributed by atoms with Crippen molar-refractivity contribution in [2.75, 3.05) is 13.2 Å². The van der Waals surface area contributed by atoms with E-state index in [4.69, 9.17) is 21.1 Å². The molecule has 0 saturated heterocycles. The maximum absolute atomic E-state index is 9.29. The van der Waals surface area contributed by atoms with Crippen LogP contribution in [0, 0.1) is 0 Å². The predicted octanol–water partition coefficient (Wildman–Crippen LogP) is 3.79. The lowest BCUT2D eigenvalue weighted by molar-refractivity contribution is 0.191. The van der Waals surface area contributed by atoms with Crippen LogP contribution in [-0.4, -0.2) is 24.4 Å². The van der Waals surface area contributed by atoms with Gasteiger partial charge in [0.25, 0.3) is 0 Å². The van der Waals surface area contributed by atoms with E-state index in [2.05, 4.69) is 5.32 Å². The van der Waals surface area contributed by atoms with Gasteiger partial charge in [-0.2, -0.15) is 0 Å². The summed E-state index contributed by atoms with van der Waals surface area (Å²) in [6.07, 6.45) is -0.363. The van der Waals surface area contributed by atoms with Crippen LogP contribution in [0.15, 0.2) is 42.5 Å².